The van der Waals surface area contributed by atoms with Crippen LogP contribution in [0.4, 0.5) is 0 Å². The van der Waals surface area contributed by atoms with Gasteiger partial charge in [0.05, 0.1) is 6.61 Å². The summed E-state index contributed by atoms with van der Waals surface area (Å²) in [6.45, 7) is 1.31. The van der Waals surface area contributed by atoms with Crippen LogP contribution in [0.15, 0.2) is 0 Å². The molecule has 1 rings (SSSR count). The van der Waals surface area contributed by atoms with Crippen LogP contribution in [0.25, 0.3) is 0 Å². The maximum Gasteiger partial charge on any atom is 0.191 e. The van der Waals surface area contributed by atoms with Gasteiger partial charge in [0.2, 0.25) is 0 Å². The Morgan fingerprint density at radius 2 is 2.11 bits per heavy atom. The molecule has 0 amide bonds. The monoisotopic (exact) mass is 134 g/mol. The molecule has 4 nitrogen and oxygen atoms in total. The molecule has 0 bridgehead atoms. The van der Waals surface area contributed by atoms with Crippen LogP contribution >= 0.6 is 0 Å². The van der Waals surface area contributed by atoms with Gasteiger partial charge in [0, 0.05) is 0 Å². The van der Waals surface area contributed by atoms with Crippen molar-refractivity contribution in [3.8, 4) is 0 Å². The molecule has 0 saturated carbocycles. The normalized spacial score (nSPS) is 52.0. The van der Waals surface area contributed by atoms with Gasteiger partial charge in [0.1, 0.15) is 12.2 Å². The van der Waals surface area contributed by atoms with Crippen molar-refractivity contribution in [3.63, 3.8) is 0 Å². The molecule has 0 unspecified atom stereocenters. The van der Waals surface area contributed by atoms with Crippen LogP contribution < -0.4 is 0 Å². The van der Waals surface area contributed by atoms with Crippen molar-refractivity contribution in [2.75, 3.05) is 6.61 Å². The second-order valence-electron chi connectivity index (χ2n) is 2.38. The molecular formula is C5H10O4. The van der Waals surface area contributed by atoms with Crippen LogP contribution in [0, 0.1) is 0 Å². The molecule has 0 spiro atoms. The average molecular weight is 134 g/mol. The molecule has 4 heteroatoms. The SMILES string of the molecule is C[C@]1(O)OC[C@H](O)[C@H]1O. The molecule has 1 heterocycles. The van der Waals surface area contributed by atoms with Gasteiger partial charge in [-0.2, -0.15) is 0 Å². The Morgan fingerprint density at radius 1 is 1.56 bits per heavy atom. The second kappa shape index (κ2) is 1.91. The summed E-state index contributed by atoms with van der Waals surface area (Å²) < 4.78 is 4.62. The van der Waals surface area contributed by atoms with Crippen LogP contribution in [-0.2, 0) is 4.74 Å². The minimum Gasteiger partial charge on any atom is -0.388 e. The van der Waals surface area contributed by atoms with Gasteiger partial charge in [0.15, 0.2) is 5.79 Å². The summed E-state index contributed by atoms with van der Waals surface area (Å²) in [4.78, 5) is 0. The second-order valence-corrected chi connectivity index (χ2v) is 2.38. The number of rotatable bonds is 0. The molecule has 0 radical (unpaired) electrons. The van der Waals surface area contributed by atoms with E-state index in [-0.39, 0.29) is 6.61 Å². The molecule has 3 atom stereocenters. The lowest BCUT2D eigenvalue weighted by Crippen LogP contribution is -2.39. The maximum absolute atomic E-state index is 9.00. The van der Waals surface area contributed by atoms with E-state index in [1.807, 2.05) is 0 Å². The van der Waals surface area contributed by atoms with Crippen molar-refractivity contribution in [2.24, 2.45) is 0 Å². The highest BCUT2D eigenvalue weighted by Crippen LogP contribution is 2.22. The predicted molar refractivity (Wildman–Crippen MR) is 28.6 cm³/mol. The lowest BCUT2D eigenvalue weighted by atomic mass is 10.1. The van der Waals surface area contributed by atoms with E-state index in [0.29, 0.717) is 0 Å². The van der Waals surface area contributed by atoms with Crippen molar-refractivity contribution in [2.45, 2.75) is 24.9 Å². The van der Waals surface area contributed by atoms with E-state index in [0.717, 1.165) is 0 Å². The van der Waals surface area contributed by atoms with E-state index in [9.17, 15) is 0 Å². The molecule has 0 aliphatic carbocycles. The number of ether oxygens (including phenoxy) is 1. The molecule has 54 valence electrons. The highest BCUT2D eigenvalue weighted by Gasteiger charge is 2.43. The van der Waals surface area contributed by atoms with Gasteiger partial charge in [-0.25, -0.2) is 0 Å². The first-order valence-electron chi connectivity index (χ1n) is 2.76. The summed E-state index contributed by atoms with van der Waals surface area (Å²) in [6, 6.07) is 0. The van der Waals surface area contributed by atoms with Crippen molar-refractivity contribution >= 4 is 0 Å². The van der Waals surface area contributed by atoms with E-state index in [2.05, 4.69) is 4.74 Å². The largest absolute Gasteiger partial charge is 0.388 e. The van der Waals surface area contributed by atoms with E-state index < -0.39 is 18.0 Å². The van der Waals surface area contributed by atoms with Crippen molar-refractivity contribution < 1.29 is 20.1 Å². The number of aliphatic hydroxyl groups excluding tert-OH is 2. The average Bonchev–Trinajstić information content (AvgIpc) is 1.97. The smallest absolute Gasteiger partial charge is 0.191 e. The summed E-state index contributed by atoms with van der Waals surface area (Å²) in [5.74, 6) is -1.57. The molecule has 0 aromatic heterocycles. The fraction of sp³-hybridized carbons (Fsp3) is 1.00. The Balaban J connectivity index is 2.62. The molecule has 9 heavy (non-hydrogen) atoms. The summed E-state index contributed by atoms with van der Waals surface area (Å²) in [5.41, 5.74) is 0. The number of hydrogen-bond donors (Lipinski definition) is 3. The van der Waals surface area contributed by atoms with Crippen molar-refractivity contribution in [1.29, 1.82) is 0 Å². The Kier molecular flexibility index (Phi) is 1.48. The van der Waals surface area contributed by atoms with Crippen LogP contribution in [0.5, 0.6) is 0 Å². The fourth-order valence-corrected chi connectivity index (χ4v) is 0.788. The number of aliphatic hydroxyl groups is 3. The van der Waals surface area contributed by atoms with Gasteiger partial charge in [-0.1, -0.05) is 0 Å². The molecule has 1 saturated heterocycles. The highest BCUT2D eigenvalue weighted by atomic mass is 16.7. The first-order valence-corrected chi connectivity index (χ1v) is 2.76. The third kappa shape index (κ3) is 1.07. The van der Waals surface area contributed by atoms with E-state index in [1.165, 1.54) is 6.92 Å². The Hall–Kier alpha value is -0.160. The van der Waals surface area contributed by atoms with Gasteiger partial charge in [-0.15, -0.1) is 0 Å². The van der Waals surface area contributed by atoms with E-state index in [1.54, 1.807) is 0 Å². The van der Waals surface area contributed by atoms with Crippen molar-refractivity contribution in [3.05, 3.63) is 0 Å². The van der Waals surface area contributed by atoms with Gasteiger partial charge >= 0.3 is 0 Å². The highest BCUT2D eigenvalue weighted by molar-refractivity contribution is 4.85. The first kappa shape index (κ1) is 6.95. The third-order valence-electron chi connectivity index (χ3n) is 1.46. The topological polar surface area (TPSA) is 69.9 Å². The Morgan fingerprint density at radius 3 is 2.22 bits per heavy atom. The van der Waals surface area contributed by atoms with Crippen molar-refractivity contribution in [1.82, 2.24) is 0 Å². The minimum absolute atomic E-state index is 0.00579. The summed E-state index contributed by atoms with van der Waals surface area (Å²) >= 11 is 0. The van der Waals surface area contributed by atoms with E-state index in [4.69, 9.17) is 15.3 Å². The zero-order valence-electron chi connectivity index (χ0n) is 5.11. The standard InChI is InChI=1S/C5H10O4/c1-5(8)4(7)3(6)2-9-5/h3-4,6-8H,2H2,1H3/t3-,4+,5-/m0/s1. The zero-order valence-corrected chi connectivity index (χ0v) is 5.11. The summed E-state index contributed by atoms with van der Waals surface area (Å²) in [6.07, 6.45) is -2.14. The molecule has 0 aromatic rings. The Bertz CT molecular complexity index is 112. The molecule has 0 aromatic carbocycles. The zero-order chi connectivity index (χ0) is 7.07. The minimum atomic E-state index is -1.57. The fourth-order valence-electron chi connectivity index (χ4n) is 0.788. The molecule has 3 N–H and O–H groups in total. The van der Waals surface area contributed by atoms with Crippen LogP contribution in [0.3, 0.4) is 0 Å². The summed E-state index contributed by atoms with van der Waals surface area (Å²) in [5, 5.41) is 26.7. The van der Waals surface area contributed by atoms with Crippen LogP contribution in [0.2, 0.25) is 0 Å². The van der Waals surface area contributed by atoms with Gasteiger partial charge in [-0.05, 0) is 6.92 Å². The van der Waals surface area contributed by atoms with Gasteiger partial charge in [-0.3, -0.25) is 0 Å². The molecule has 1 aliphatic rings. The third-order valence-corrected chi connectivity index (χ3v) is 1.46. The van der Waals surface area contributed by atoms with Crippen LogP contribution in [0.1, 0.15) is 6.92 Å². The quantitative estimate of drug-likeness (QED) is 0.375. The predicted octanol–water partition coefficient (Wildman–Crippen LogP) is -1.55. The number of hydrogen-bond acceptors (Lipinski definition) is 4. The van der Waals surface area contributed by atoms with Gasteiger partial charge < -0.3 is 20.1 Å². The molecule has 1 fully saturated rings. The van der Waals surface area contributed by atoms with Gasteiger partial charge in [0.25, 0.3) is 0 Å². The first-order chi connectivity index (χ1) is 4.04. The van der Waals surface area contributed by atoms with E-state index >= 15 is 0 Å². The van der Waals surface area contributed by atoms with Crippen LogP contribution in [-0.4, -0.2) is 39.9 Å². The summed E-state index contributed by atoms with van der Waals surface area (Å²) in [7, 11) is 0. The molecular weight excluding hydrogens is 124 g/mol. The molecule has 1 aliphatic heterocycles. The lowest BCUT2D eigenvalue weighted by molar-refractivity contribution is -0.201. The lowest BCUT2D eigenvalue weighted by Gasteiger charge is -2.19. The Labute approximate surface area is 52.7 Å². The maximum atomic E-state index is 9.00.